The molecule has 0 radical (unpaired) electrons. The SMILES string of the molecule is CN=C(NCCCN(C)c1ccccc1)N1CC(C)C(C(=O)OC)C1. The average Bonchev–Trinajstić information content (AvgIpc) is 3.03. The van der Waals surface area contributed by atoms with Crippen molar-refractivity contribution in [3.63, 3.8) is 0 Å². The topological polar surface area (TPSA) is 57.2 Å². The predicted molar refractivity (Wildman–Crippen MR) is 102 cm³/mol. The fourth-order valence-electron chi connectivity index (χ4n) is 3.26. The molecular formula is C19H30N4O2. The predicted octanol–water partition coefficient (Wildman–Crippen LogP) is 1.83. The van der Waals surface area contributed by atoms with Crippen molar-refractivity contribution in [1.29, 1.82) is 0 Å². The zero-order valence-electron chi connectivity index (χ0n) is 15.7. The molecule has 0 spiro atoms. The van der Waals surface area contributed by atoms with Crippen molar-refractivity contribution in [3.8, 4) is 0 Å². The minimum atomic E-state index is -0.130. The van der Waals surface area contributed by atoms with E-state index in [-0.39, 0.29) is 17.8 Å². The number of para-hydroxylation sites is 1. The van der Waals surface area contributed by atoms with Gasteiger partial charge in [-0.2, -0.15) is 0 Å². The lowest BCUT2D eigenvalue weighted by atomic mass is 9.99. The second-order valence-electron chi connectivity index (χ2n) is 6.60. The molecule has 6 nitrogen and oxygen atoms in total. The number of hydrogen-bond acceptors (Lipinski definition) is 4. The Hall–Kier alpha value is -2.24. The number of nitrogens with one attached hydrogen (secondary N) is 1. The Bertz CT molecular complexity index is 576. The van der Waals surface area contributed by atoms with Gasteiger partial charge in [0.15, 0.2) is 5.96 Å². The second kappa shape index (κ2) is 9.30. The van der Waals surface area contributed by atoms with Crippen LogP contribution in [0.3, 0.4) is 0 Å². The number of carbonyl (C=O) groups excluding carboxylic acids is 1. The van der Waals surface area contributed by atoms with E-state index in [9.17, 15) is 4.79 Å². The summed E-state index contributed by atoms with van der Waals surface area (Å²) in [5, 5.41) is 3.41. The molecule has 2 atom stereocenters. The van der Waals surface area contributed by atoms with Crippen molar-refractivity contribution < 1.29 is 9.53 Å². The highest BCUT2D eigenvalue weighted by Gasteiger charge is 2.36. The van der Waals surface area contributed by atoms with E-state index < -0.39 is 0 Å². The summed E-state index contributed by atoms with van der Waals surface area (Å²) in [4.78, 5) is 20.6. The van der Waals surface area contributed by atoms with Crippen LogP contribution in [0.15, 0.2) is 35.3 Å². The first-order valence-corrected chi connectivity index (χ1v) is 8.86. The lowest BCUT2D eigenvalue weighted by Crippen LogP contribution is -2.41. The number of nitrogens with zero attached hydrogens (tertiary/aromatic N) is 3. The highest BCUT2D eigenvalue weighted by atomic mass is 16.5. The molecular weight excluding hydrogens is 316 g/mol. The molecule has 0 aromatic heterocycles. The summed E-state index contributed by atoms with van der Waals surface area (Å²) in [6.45, 7) is 5.39. The van der Waals surface area contributed by atoms with Crippen molar-refractivity contribution in [3.05, 3.63) is 30.3 Å². The highest BCUT2D eigenvalue weighted by molar-refractivity contribution is 5.82. The van der Waals surface area contributed by atoms with E-state index in [1.165, 1.54) is 12.8 Å². The fourth-order valence-corrected chi connectivity index (χ4v) is 3.26. The number of hydrogen-bond donors (Lipinski definition) is 1. The maximum absolute atomic E-state index is 11.8. The molecule has 2 rings (SSSR count). The normalized spacial score (nSPS) is 20.5. The first kappa shape index (κ1) is 19.1. The molecule has 2 unspecified atom stereocenters. The summed E-state index contributed by atoms with van der Waals surface area (Å²) in [6, 6.07) is 10.4. The van der Waals surface area contributed by atoms with E-state index in [1.807, 2.05) is 6.07 Å². The van der Waals surface area contributed by atoms with Crippen molar-refractivity contribution in [2.45, 2.75) is 13.3 Å². The van der Waals surface area contributed by atoms with Gasteiger partial charge in [-0.05, 0) is 24.5 Å². The molecule has 0 aliphatic carbocycles. The smallest absolute Gasteiger partial charge is 0.310 e. The Kier molecular flexibility index (Phi) is 7.10. The third-order valence-corrected chi connectivity index (χ3v) is 4.78. The zero-order valence-corrected chi connectivity index (χ0v) is 15.7. The molecule has 0 bridgehead atoms. The summed E-state index contributed by atoms with van der Waals surface area (Å²) >= 11 is 0. The molecule has 1 saturated heterocycles. The van der Waals surface area contributed by atoms with E-state index in [1.54, 1.807) is 7.05 Å². The third kappa shape index (κ3) is 5.11. The summed E-state index contributed by atoms with van der Waals surface area (Å²) in [6.07, 6.45) is 1.01. The molecule has 25 heavy (non-hydrogen) atoms. The van der Waals surface area contributed by atoms with Crippen LogP contribution in [0, 0.1) is 11.8 Å². The molecule has 1 aromatic carbocycles. The standard InChI is InChI=1S/C19H30N4O2/c1-15-13-23(14-17(15)18(24)25-4)19(20-2)21-11-8-12-22(3)16-9-6-5-7-10-16/h5-7,9-10,15,17H,8,11-14H2,1-4H3,(H,20,21). The van der Waals surface area contributed by atoms with E-state index in [0.717, 1.165) is 32.0 Å². The second-order valence-corrected chi connectivity index (χ2v) is 6.60. The van der Waals surface area contributed by atoms with Crippen LogP contribution in [-0.2, 0) is 9.53 Å². The van der Waals surface area contributed by atoms with Crippen LogP contribution in [-0.4, -0.2) is 64.2 Å². The van der Waals surface area contributed by atoms with Gasteiger partial charge in [-0.15, -0.1) is 0 Å². The summed E-state index contributed by atoms with van der Waals surface area (Å²) in [7, 11) is 5.34. The number of benzene rings is 1. The molecule has 0 saturated carbocycles. The molecule has 1 aliphatic heterocycles. The number of carbonyl (C=O) groups is 1. The van der Waals surface area contributed by atoms with Crippen molar-refractivity contribution in [1.82, 2.24) is 10.2 Å². The molecule has 138 valence electrons. The zero-order chi connectivity index (χ0) is 18.2. The molecule has 1 aromatic rings. The largest absolute Gasteiger partial charge is 0.469 e. The van der Waals surface area contributed by atoms with Crippen molar-refractivity contribution >= 4 is 17.6 Å². The Morgan fingerprint density at radius 2 is 2.08 bits per heavy atom. The van der Waals surface area contributed by atoms with Crippen LogP contribution in [0.4, 0.5) is 5.69 Å². The Labute approximate surface area is 150 Å². The quantitative estimate of drug-likeness (QED) is 0.369. The first-order chi connectivity index (χ1) is 12.1. The molecule has 0 amide bonds. The van der Waals surface area contributed by atoms with Crippen molar-refractivity contribution in [2.24, 2.45) is 16.8 Å². The van der Waals surface area contributed by atoms with Crippen LogP contribution in [0.1, 0.15) is 13.3 Å². The molecule has 1 N–H and O–H groups in total. The fraction of sp³-hybridized carbons (Fsp3) is 0.579. The first-order valence-electron chi connectivity index (χ1n) is 8.86. The Balaban J connectivity index is 1.77. The maximum Gasteiger partial charge on any atom is 0.310 e. The van der Waals surface area contributed by atoms with E-state index in [2.05, 4.69) is 58.3 Å². The number of esters is 1. The van der Waals surface area contributed by atoms with E-state index in [4.69, 9.17) is 4.74 Å². The molecule has 1 fully saturated rings. The number of likely N-dealkylation sites (tertiary alicyclic amines) is 1. The van der Waals surface area contributed by atoms with Crippen LogP contribution < -0.4 is 10.2 Å². The molecule has 6 heteroatoms. The van der Waals surface area contributed by atoms with Gasteiger partial charge >= 0.3 is 5.97 Å². The molecule has 1 aliphatic rings. The summed E-state index contributed by atoms with van der Waals surface area (Å²) in [5.41, 5.74) is 1.22. The summed E-state index contributed by atoms with van der Waals surface area (Å²) < 4.78 is 4.90. The average molecular weight is 346 g/mol. The van der Waals surface area contributed by atoms with Gasteiger partial charge in [0.25, 0.3) is 0 Å². The molecule has 1 heterocycles. The van der Waals surface area contributed by atoms with Gasteiger partial charge < -0.3 is 19.9 Å². The van der Waals surface area contributed by atoms with Crippen LogP contribution in [0.2, 0.25) is 0 Å². The lowest BCUT2D eigenvalue weighted by molar-refractivity contribution is -0.145. The number of anilines is 1. The number of aliphatic imine (C=N–C) groups is 1. The number of guanidine groups is 1. The van der Waals surface area contributed by atoms with Gasteiger partial charge in [0, 0.05) is 46.0 Å². The van der Waals surface area contributed by atoms with Gasteiger partial charge in [-0.25, -0.2) is 0 Å². The Morgan fingerprint density at radius 3 is 2.72 bits per heavy atom. The van der Waals surface area contributed by atoms with E-state index >= 15 is 0 Å². The number of rotatable bonds is 6. The highest BCUT2D eigenvalue weighted by Crippen LogP contribution is 2.24. The summed E-state index contributed by atoms with van der Waals surface area (Å²) in [5.74, 6) is 0.929. The third-order valence-electron chi connectivity index (χ3n) is 4.78. The number of ether oxygens (including phenoxy) is 1. The Morgan fingerprint density at radius 1 is 1.36 bits per heavy atom. The van der Waals surface area contributed by atoms with Crippen LogP contribution in [0.25, 0.3) is 0 Å². The van der Waals surface area contributed by atoms with Gasteiger partial charge in [-0.3, -0.25) is 9.79 Å². The van der Waals surface area contributed by atoms with Gasteiger partial charge in [0.05, 0.1) is 13.0 Å². The minimum absolute atomic E-state index is 0.0761. The monoisotopic (exact) mass is 346 g/mol. The van der Waals surface area contributed by atoms with Gasteiger partial charge in [0.2, 0.25) is 0 Å². The van der Waals surface area contributed by atoms with Gasteiger partial charge in [0.1, 0.15) is 0 Å². The van der Waals surface area contributed by atoms with Gasteiger partial charge in [-0.1, -0.05) is 25.1 Å². The lowest BCUT2D eigenvalue weighted by Gasteiger charge is -2.23. The van der Waals surface area contributed by atoms with Crippen LogP contribution in [0.5, 0.6) is 0 Å². The maximum atomic E-state index is 11.8. The van der Waals surface area contributed by atoms with Crippen LogP contribution >= 0.6 is 0 Å². The van der Waals surface area contributed by atoms with Crippen molar-refractivity contribution in [2.75, 3.05) is 52.3 Å². The number of methoxy groups -OCH3 is 1. The van der Waals surface area contributed by atoms with E-state index in [0.29, 0.717) is 6.54 Å². The minimum Gasteiger partial charge on any atom is -0.469 e.